The number of ketones is 1. The van der Waals surface area contributed by atoms with Crippen molar-refractivity contribution < 1.29 is 19.0 Å². The van der Waals surface area contributed by atoms with Crippen LogP contribution in [0.4, 0.5) is 11.4 Å². The first kappa shape index (κ1) is 19.9. The number of fused-ring (bicyclic) bond motifs is 1. The van der Waals surface area contributed by atoms with Crippen LogP contribution < -0.4 is 24.1 Å². The van der Waals surface area contributed by atoms with Gasteiger partial charge < -0.3 is 14.2 Å². The first-order valence-corrected chi connectivity index (χ1v) is 10.5. The summed E-state index contributed by atoms with van der Waals surface area (Å²) in [4.78, 5) is 14.6. The number of nitrogens with zero attached hydrogens (tertiary/aromatic N) is 3. The lowest BCUT2D eigenvalue weighted by atomic mass is 10.1. The lowest BCUT2D eigenvalue weighted by Crippen LogP contribution is -2.37. The summed E-state index contributed by atoms with van der Waals surface area (Å²) < 4.78 is 16.7. The smallest absolute Gasteiger partial charge is 0.231 e. The van der Waals surface area contributed by atoms with E-state index in [0.29, 0.717) is 23.9 Å². The van der Waals surface area contributed by atoms with Gasteiger partial charge in [0.05, 0.1) is 12.3 Å². The monoisotopic (exact) mass is 429 g/mol. The van der Waals surface area contributed by atoms with Gasteiger partial charge in [-0.1, -0.05) is 24.3 Å². The van der Waals surface area contributed by atoms with E-state index in [1.807, 2.05) is 89.6 Å². The molecule has 0 spiro atoms. The number of carbonyl (C=O) groups is 1. The van der Waals surface area contributed by atoms with Crippen LogP contribution in [0.1, 0.15) is 25.6 Å². The molecular formula is C25H23N3O4. The Hall–Kier alpha value is -4.00. The van der Waals surface area contributed by atoms with Crippen LogP contribution in [0.5, 0.6) is 17.2 Å². The summed E-state index contributed by atoms with van der Waals surface area (Å²) >= 11 is 0. The van der Waals surface area contributed by atoms with Gasteiger partial charge in [0.15, 0.2) is 29.3 Å². The van der Waals surface area contributed by atoms with E-state index in [1.165, 1.54) is 6.92 Å². The highest BCUT2D eigenvalue weighted by Gasteiger charge is 2.39. The summed E-state index contributed by atoms with van der Waals surface area (Å²) in [6.45, 7) is 4.27. The fourth-order valence-electron chi connectivity index (χ4n) is 3.95. The van der Waals surface area contributed by atoms with E-state index in [1.54, 1.807) is 0 Å². The molecule has 0 saturated carbocycles. The molecule has 5 rings (SSSR count). The van der Waals surface area contributed by atoms with E-state index < -0.39 is 0 Å². The second-order valence-electron chi connectivity index (χ2n) is 7.44. The number of carbonyl (C=O) groups excluding carboxylic acids is 1. The van der Waals surface area contributed by atoms with Crippen LogP contribution in [-0.4, -0.2) is 25.0 Å². The SMILES string of the molecule is CCOc1ccc(N2C(C(C)=O)=NN(c3ccccc3)[C@@H]2c2ccc3c(c2)OCO3)cc1. The van der Waals surface area contributed by atoms with Crippen LogP contribution in [-0.2, 0) is 4.79 Å². The Morgan fingerprint density at radius 2 is 1.75 bits per heavy atom. The Morgan fingerprint density at radius 3 is 2.47 bits per heavy atom. The highest BCUT2D eigenvalue weighted by atomic mass is 16.7. The highest BCUT2D eigenvalue weighted by Crippen LogP contribution is 2.42. The molecule has 0 bridgehead atoms. The van der Waals surface area contributed by atoms with Crippen molar-refractivity contribution in [1.82, 2.24) is 0 Å². The summed E-state index contributed by atoms with van der Waals surface area (Å²) in [6, 6.07) is 23.3. The predicted molar refractivity (Wildman–Crippen MR) is 122 cm³/mol. The van der Waals surface area contributed by atoms with Gasteiger partial charge in [0.2, 0.25) is 6.79 Å². The van der Waals surface area contributed by atoms with Crippen molar-refractivity contribution in [3.05, 3.63) is 78.4 Å². The quantitative estimate of drug-likeness (QED) is 0.564. The molecule has 0 amide bonds. The Bertz CT molecular complexity index is 1160. The Balaban J connectivity index is 1.64. The number of Topliss-reactive ketones (excluding diaryl/α,β-unsaturated/α-hetero) is 1. The lowest BCUT2D eigenvalue weighted by Gasteiger charge is -2.32. The molecule has 2 heterocycles. The van der Waals surface area contributed by atoms with Gasteiger partial charge >= 0.3 is 0 Å². The fraction of sp³-hybridized carbons (Fsp3) is 0.200. The van der Waals surface area contributed by atoms with E-state index in [4.69, 9.17) is 19.3 Å². The average Bonchev–Trinajstić information content (AvgIpc) is 3.45. The zero-order valence-corrected chi connectivity index (χ0v) is 17.9. The number of hydrazone groups is 1. The molecule has 7 nitrogen and oxygen atoms in total. The van der Waals surface area contributed by atoms with Gasteiger partial charge in [-0.2, -0.15) is 0 Å². The first-order valence-electron chi connectivity index (χ1n) is 10.5. The summed E-state index contributed by atoms with van der Waals surface area (Å²) in [5.74, 6) is 2.40. The van der Waals surface area contributed by atoms with E-state index in [-0.39, 0.29) is 18.7 Å². The molecule has 0 saturated heterocycles. The van der Waals surface area contributed by atoms with Crippen molar-refractivity contribution in [2.75, 3.05) is 23.3 Å². The maximum absolute atomic E-state index is 12.7. The van der Waals surface area contributed by atoms with E-state index in [9.17, 15) is 4.79 Å². The van der Waals surface area contributed by atoms with E-state index in [2.05, 4.69) is 0 Å². The summed E-state index contributed by atoms with van der Waals surface area (Å²) in [5.41, 5.74) is 2.64. The predicted octanol–water partition coefficient (Wildman–Crippen LogP) is 4.74. The number of hydrogen-bond acceptors (Lipinski definition) is 7. The minimum absolute atomic E-state index is 0.122. The Kier molecular flexibility index (Phi) is 5.15. The van der Waals surface area contributed by atoms with Gasteiger partial charge in [-0.05, 0) is 55.5 Å². The molecule has 3 aromatic rings. The molecule has 0 radical (unpaired) electrons. The minimum Gasteiger partial charge on any atom is -0.494 e. The second-order valence-corrected chi connectivity index (χ2v) is 7.44. The van der Waals surface area contributed by atoms with Crippen molar-refractivity contribution in [1.29, 1.82) is 0 Å². The molecule has 0 aromatic heterocycles. The second kappa shape index (κ2) is 8.26. The average molecular weight is 429 g/mol. The minimum atomic E-state index is -0.385. The third-order valence-electron chi connectivity index (χ3n) is 5.36. The summed E-state index contributed by atoms with van der Waals surface area (Å²) in [5, 5.41) is 6.61. The van der Waals surface area contributed by atoms with Crippen molar-refractivity contribution in [2.45, 2.75) is 20.0 Å². The highest BCUT2D eigenvalue weighted by molar-refractivity contribution is 6.44. The van der Waals surface area contributed by atoms with Gasteiger partial charge in [0, 0.05) is 18.2 Å². The molecule has 2 aliphatic heterocycles. The maximum atomic E-state index is 12.7. The van der Waals surface area contributed by atoms with Gasteiger partial charge in [-0.25, -0.2) is 5.01 Å². The molecule has 7 heteroatoms. The van der Waals surface area contributed by atoms with Crippen LogP contribution in [0.2, 0.25) is 0 Å². The number of para-hydroxylation sites is 1. The van der Waals surface area contributed by atoms with Crippen LogP contribution in [0.25, 0.3) is 0 Å². The number of benzene rings is 3. The third kappa shape index (κ3) is 3.51. The lowest BCUT2D eigenvalue weighted by molar-refractivity contribution is -0.111. The van der Waals surface area contributed by atoms with Crippen molar-refractivity contribution in [3.63, 3.8) is 0 Å². The molecule has 0 aliphatic carbocycles. The Labute approximate surface area is 186 Å². The van der Waals surface area contributed by atoms with Crippen molar-refractivity contribution >= 4 is 23.0 Å². The maximum Gasteiger partial charge on any atom is 0.231 e. The van der Waals surface area contributed by atoms with Crippen LogP contribution in [0.15, 0.2) is 77.9 Å². The van der Waals surface area contributed by atoms with E-state index >= 15 is 0 Å². The fourth-order valence-corrected chi connectivity index (χ4v) is 3.95. The van der Waals surface area contributed by atoms with Crippen LogP contribution in [0.3, 0.4) is 0 Å². The Morgan fingerprint density at radius 1 is 1.00 bits per heavy atom. The van der Waals surface area contributed by atoms with Crippen molar-refractivity contribution in [2.24, 2.45) is 5.10 Å². The molecule has 0 unspecified atom stereocenters. The van der Waals surface area contributed by atoms with Crippen LogP contribution in [0, 0.1) is 0 Å². The number of hydrogen-bond donors (Lipinski definition) is 0. The molecule has 2 aliphatic rings. The molecule has 162 valence electrons. The molecular weight excluding hydrogens is 406 g/mol. The number of rotatable bonds is 6. The standard InChI is InChI=1S/C25H23N3O4/c1-3-30-21-12-10-19(11-13-21)27-24(17(2)29)26-28(20-7-5-4-6-8-20)25(27)18-9-14-22-23(15-18)32-16-31-22/h4-15,25H,3,16H2,1-2H3/t25-/m1/s1. The topological polar surface area (TPSA) is 63.6 Å². The summed E-state index contributed by atoms with van der Waals surface area (Å²) in [6.07, 6.45) is -0.385. The zero-order valence-electron chi connectivity index (χ0n) is 17.9. The largest absolute Gasteiger partial charge is 0.494 e. The van der Waals surface area contributed by atoms with E-state index in [0.717, 1.165) is 22.7 Å². The third-order valence-corrected chi connectivity index (χ3v) is 5.36. The number of anilines is 2. The zero-order chi connectivity index (χ0) is 22.1. The number of ether oxygens (including phenoxy) is 3. The van der Waals surface area contributed by atoms with Gasteiger partial charge in [-0.15, -0.1) is 5.10 Å². The normalized spacial score (nSPS) is 16.8. The molecule has 0 fully saturated rings. The molecule has 1 atom stereocenters. The van der Waals surface area contributed by atoms with Gasteiger partial charge in [0.25, 0.3) is 0 Å². The first-order chi connectivity index (χ1) is 15.7. The van der Waals surface area contributed by atoms with Crippen LogP contribution >= 0.6 is 0 Å². The molecule has 32 heavy (non-hydrogen) atoms. The number of amidine groups is 1. The van der Waals surface area contributed by atoms with Crippen molar-refractivity contribution in [3.8, 4) is 17.2 Å². The van der Waals surface area contributed by atoms with Gasteiger partial charge in [0.1, 0.15) is 5.75 Å². The van der Waals surface area contributed by atoms with Gasteiger partial charge in [-0.3, -0.25) is 9.69 Å². The molecule has 0 N–H and O–H groups in total. The summed E-state index contributed by atoms with van der Waals surface area (Å²) in [7, 11) is 0. The molecule has 3 aromatic carbocycles.